The summed E-state index contributed by atoms with van der Waals surface area (Å²) in [4.78, 5) is 0. The minimum absolute atomic E-state index is 0.300. The first-order valence-electron chi connectivity index (χ1n) is 13.1. The number of benzene rings is 6. The van der Waals surface area contributed by atoms with Gasteiger partial charge in [-0.25, -0.2) is 0 Å². The van der Waals surface area contributed by atoms with Crippen LogP contribution in [0.2, 0.25) is 0 Å². The second-order valence-corrected chi connectivity index (χ2v) is 11.2. The summed E-state index contributed by atoms with van der Waals surface area (Å²) in [5.41, 5.74) is 15.5. The molecule has 1 spiro atoms. The summed E-state index contributed by atoms with van der Waals surface area (Å²) in [5.74, 6) is 0. The molecule has 0 aliphatic heterocycles. The summed E-state index contributed by atoms with van der Waals surface area (Å²) in [6.45, 7) is 0. The van der Waals surface area contributed by atoms with Gasteiger partial charge >= 0.3 is 0 Å². The monoisotopic (exact) mass is 546 g/mol. The zero-order valence-electron chi connectivity index (χ0n) is 20.7. The Kier molecular flexibility index (Phi) is 4.68. The van der Waals surface area contributed by atoms with E-state index in [1.54, 1.807) is 0 Å². The molecule has 0 nitrogen and oxygen atoms in total. The molecule has 38 heavy (non-hydrogen) atoms. The van der Waals surface area contributed by atoms with E-state index < -0.39 is 0 Å². The van der Waals surface area contributed by atoms with Gasteiger partial charge < -0.3 is 0 Å². The lowest BCUT2D eigenvalue weighted by molar-refractivity contribution is 0.794. The molecule has 0 radical (unpaired) electrons. The third kappa shape index (κ3) is 2.91. The summed E-state index contributed by atoms with van der Waals surface area (Å²) >= 11 is 3.60. The van der Waals surface area contributed by atoms with Crippen molar-refractivity contribution < 1.29 is 0 Å². The van der Waals surface area contributed by atoms with E-state index in [-0.39, 0.29) is 5.41 Å². The molecule has 0 bridgehead atoms. The van der Waals surface area contributed by atoms with Crippen LogP contribution in [-0.4, -0.2) is 0 Å². The highest BCUT2D eigenvalue weighted by atomic mass is 79.9. The third-order valence-corrected chi connectivity index (χ3v) is 8.87. The fourth-order valence-corrected chi connectivity index (χ4v) is 7.20. The molecule has 0 unspecified atom stereocenters. The first-order valence-corrected chi connectivity index (χ1v) is 13.8. The molecule has 178 valence electrons. The average Bonchev–Trinajstić information content (AvgIpc) is 3.44. The minimum atomic E-state index is -0.300. The number of halogens is 1. The van der Waals surface area contributed by atoms with Gasteiger partial charge in [0.1, 0.15) is 0 Å². The van der Waals surface area contributed by atoms with E-state index in [0.717, 1.165) is 4.47 Å². The molecule has 2 aliphatic rings. The lowest BCUT2D eigenvalue weighted by Gasteiger charge is -2.30. The molecule has 0 amide bonds. The zero-order chi connectivity index (χ0) is 25.3. The Bertz CT molecular complexity index is 1810. The van der Waals surface area contributed by atoms with Crippen LogP contribution >= 0.6 is 15.9 Å². The van der Waals surface area contributed by atoms with Crippen LogP contribution in [0.5, 0.6) is 0 Å². The molecule has 1 heteroatoms. The number of fused-ring (bicyclic) bond motifs is 10. The Labute approximate surface area is 231 Å². The zero-order valence-corrected chi connectivity index (χ0v) is 22.2. The Morgan fingerprint density at radius 3 is 1.32 bits per heavy atom. The van der Waals surface area contributed by atoms with Crippen LogP contribution < -0.4 is 0 Å². The topological polar surface area (TPSA) is 0 Å². The first kappa shape index (κ1) is 21.8. The van der Waals surface area contributed by atoms with Crippen molar-refractivity contribution in [3.63, 3.8) is 0 Å². The standard InChI is InChI=1S/C37H23Br/c38-28-9-7-8-26(22-28)24-16-18-25(19-17-24)27-20-21-32-31-12-3-6-15-35(31)37(36(32)23-27)33-13-4-1-10-29(33)30-11-2-5-14-34(30)37/h1-23H. The molecule has 0 fully saturated rings. The maximum atomic E-state index is 3.60. The third-order valence-electron chi connectivity index (χ3n) is 8.37. The Balaban J connectivity index is 1.35. The van der Waals surface area contributed by atoms with Crippen molar-refractivity contribution in [1.82, 2.24) is 0 Å². The van der Waals surface area contributed by atoms with Crippen LogP contribution in [0.4, 0.5) is 0 Å². The van der Waals surface area contributed by atoms with Crippen LogP contribution in [0.25, 0.3) is 44.5 Å². The van der Waals surface area contributed by atoms with E-state index in [1.807, 2.05) is 0 Å². The van der Waals surface area contributed by atoms with E-state index in [9.17, 15) is 0 Å². The summed E-state index contributed by atoms with van der Waals surface area (Å²) in [6, 6.07) is 51.5. The van der Waals surface area contributed by atoms with Gasteiger partial charge in [-0.2, -0.15) is 0 Å². The Morgan fingerprint density at radius 2 is 0.789 bits per heavy atom. The normalized spacial score (nSPS) is 13.6. The lowest BCUT2D eigenvalue weighted by atomic mass is 9.70. The molecule has 2 aliphatic carbocycles. The van der Waals surface area contributed by atoms with Crippen molar-refractivity contribution in [2.45, 2.75) is 5.41 Å². The lowest BCUT2D eigenvalue weighted by Crippen LogP contribution is -2.25. The van der Waals surface area contributed by atoms with E-state index >= 15 is 0 Å². The van der Waals surface area contributed by atoms with Gasteiger partial charge in [-0.1, -0.05) is 137 Å². The van der Waals surface area contributed by atoms with Gasteiger partial charge in [0, 0.05) is 4.47 Å². The van der Waals surface area contributed by atoms with Crippen LogP contribution in [-0.2, 0) is 5.41 Å². The molecule has 0 N–H and O–H groups in total. The van der Waals surface area contributed by atoms with Gasteiger partial charge in [-0.05, 0) is 85.0 Å². The summed E-state index contributed by atoms with van der Waals surface area (Å²) in [7, 11) is 0. The highest BCUT2D eigenvalue weighted by Gasteiger charge is 2.51. The van der Waals surface area contributed by atoms with Gasteiger partial charge in [-0.3, -0.25) is 0 Å². The molecule has 6 aromatic rings. The average molecular weight is 547 g/mol. The van der Waals surface area contributed by atoms with Gasteiger partial charge in [0.15, 0.2) is 0 Å². The second kappa shape index (κ2) is 8.15. The number of hydrogen-bond donors (Lipinski definition) is 0. The molecule has 0 aromatic heterocycles. The van der Waals surface area contributed by atoms with Gasteiger partial charge in [0.05, 0.1) is 5.41 Å². The molecule has 0 atom stereocenters. The number of hydrogen-bond acceptors (Lipinski definition) is 0. The molecule has 0 saturated carbocycles. The van der Waals surface area contributed by atoms with Crippen molar-refractivity contribution in [1.29, 1.82) is 0 Å². The van der Waals surface area contributed by atoms with Crippen molar-refractivity contribution in [3.8, 4) is 44.5 Å². The molecule has 6 aromatic carbocycles. The van der Waals surface area contributed by atoms with E-state index in [1.165, 1.54) is 66.8 Å². The molecular formula is C37H23Br. The fourth-order valence-electron chi connectivity index (χ4n) is 6.80. The molecule has 8 rings (SSSR count). The highest BCUT2D eigenvalue weighted by Crippen LogP contribution is 2.62. The largest absolute Gasteiger partial charge is 0.0725 e. The van der Waals surface area contributed by atoms with E-state index in [0.29, 0.717) is 0 Å². The first-order chi connectivity index (χ1) is 18.7. The molecule has 0 heterocycles. The SMILES string of the molecule is Brc1cccc(-c2ccc(-c3ccc4c(c3)C3(c5ccccc5-c5ccccc53)c3ccccc3-4)cc2)c1. The van der Waals surface area contributed by atoms with Gasteiger partial charge in [0.2, 0.25) is 0 Å². The van der Waals surface area contributed by atoms with Crippen LogP contribution in [0.3, 0.4) is 0 Å². The van der Waals surface area contributed by atoms with Gasteiger partial charge in [0.25, 0.3) is 0 Å². The van der Waals surface area contributed by atoms with Gasteiger partial charge in [-0.15, -0.1) is 0 Å². The van der Waals surface area contributed by atoms with Crippen molar-refractivity contribution in [3.05, 3.63) is 166 Å². The second-order valence-electron chi connectivity index (χ2n) is 10.2. The molecular weight excluding hydrogens is 524 g/mol. The van der Waals surface area contributed by atoms with Crippen molar-refractivity contribution in [2.75, 3.05) is 0 Å². The maximum Gasteiger partial charge on any atom is 0.0725 e. The fraction of sp³-hybridized carbons (Fsp3) is 0.0270. The Morgan fingerprint density at radius 1 is 0.342 bits per heavy atom. The predicted molar refractivity (Wildman–Crippen MR) is 161 cm³/mol. The Hall–Kier alpha value is -4.20. The van der Waals surface area contributed by atoms with Crippen molar-refractivity contribution >= 4 is 15.9 Å². The quantitative estimate of drug-likeness (QED) is 0.202. The summed E-state index contributed by atoms with van der Waals surface area (Å²) < 4.78 is 1.10. The smallest absolute Gasteiger partial charge is 0.0619 e. The van der Waals surface area contributed by atoms with E-state index in [4.69, 9.17) is 0 Å². The summed E-state index contributed by atoms with van der Waals surface area (Å²) in [5, 5.41) is 0. The van der Waals surface area contributed by atoms with Crippen LogP contribution in [0, 0.1) is 0 Å². The van der Waals surface area contributed by atoms with Crippen LogP contribution in [0.1, 0.15) is 22.3 Å². The highest BCUT2D eigenvalue weighted by molar-refractivity contribution is 9.10. The maximum absolute atomic E-state index is 3.60. The predicted octanol–water partition coefficient (Wildman–Crippen LogP) is 10.1. The van der Waals surface area contributed by atoms with E-state index in [2.05, 4.69) is 155 Å². The summed E-state index contributed by atoms with van der Waals surface area (Å²) in [6.07, 6.45) is 0. The van der Waals surface area contributed by atoms with Crippen molar-refractivity contribution in [2.24, 2.45) is 0 Å². The molecule has 0 saturated heterocycles. The minimum Gasteiger partial charge on any atom is -0.0619 e. The number of rotatable bonds is 2. The van der Waals surface area contributed by atoms with Crippen LogP contribution in [0.15, 0.2) is 144 Å².